The van der Waals surface area contributed by atoms with Crippen LogP contribution >= 0.6 is 38.2 Å². The first-order chi connectivity index (χ1) is 9.51. The molecule has 0 aromatic heterocycles. The second-order valence-electron chi connectivity index (χ2n) is 5.84. The van der Waals surface area contributed by atoms with Gasteiger partial charge in [0.2, 0.25) is 0 Å². The number of hydrogen-bond acceptors (Lipinski definition) is 3. The third-order valence-electron chi connectivity index (χ3n) is 3.46. The van der Waals surface area contributed by atoms with Crippen molar-refractivity contribution < 1.29 is 13.2 Å². The van der Waals surface area contributed by atoms with Gasteiger partial charge in [0.25, 0.3) is 15.0 Å². The molecule has 1 fully saturated rings. The number of nitrogens with zero attached hydrogens (tertiary/aromatic N) is 1. The Morgan fingerprint density at radius 3 is 2.48 bits per heavy atom. The van der Waals surface area contributed by atoms with Gasteiger partial charge in [-0.3, -0.25) is 4.79 Å². The maximum absolute atomic E-state index is 12.6. The molecule has 1 saturated heterocycles. The van der Waals surface area contributed by atoms with E-state index in [0.29, 0.717) is 17.6 Å². The normalized spacial score (nSPS) is 18.0. The Morgan fingerprint density at radius 1 is 1.38 bits per heavy atom. The molecule has 0 spiro atoms. The van der Waals surface area contributed by atoms with Crippen molar-refractivity contribution in [1.29, 1.82) is 0 Å². The summed E-state index contributed by atoms with van der Waals surface area (Å²) in [4.78, 5) is 14.0. The maximum Gasteiger partial charge on any atom is 0.262 e. The van der Waals surface area contributed by atoms with Gasteiger partial charge in [0.15, 0.2) is 0 Å². The SMILES string of the molecule is CC1(C)CCN(C(=O)c2cc(Br)cc(S(=O)(=O)Cl)c2Cl)C1. The summed E-state index contributed by atoms with van der Waals surface area (Å²) in [5, 5.41) is -0.136. The summed E-state index contributed by atoms with van der Waals surface area (Å²) in [5.41, 5.74) is 0.193. The van der Waals surface area contributed by atoms with Gasteiger partial charge in [-0.25, -0.2) is 8.42 Å². The number of benzene rings is 1. The summed E-state index contributed by atoms with van der Waals surface area (Å²) in [6, 6.07) is 2.80. The van der Waals surface area contributed by atoms with Gasteiger partial charge in [-0.05, 0) is 24.0 Å². The van der Waals surface area contributed by atoms with Crippen molar-refractivity contribution in [3.8, 4) is 0 Å². The number of carbonyl (C=O) groups excluding carboxylic acids is 1. The van der Waals surface area contributed by atoms with Crippen LogP contribution in [0.1, 0.15) is 30.6 Å². The van der Waals surface area contributed by atoms with E-state index < -0.39 is 9.05 Å². The first kappa shape index (κ1) is 17.1. The van der Waals surface area contributed by atoms with Crippen molar-refractivity contribution in [2.24, 2.45) is 5.41 Å². The van der Waals surface area contributed by atoms with Crippen molar-refractivity contribution in [2.45, 2.75) is 25.2 Å². The van der Waals surface area contributed by atoms with E-state index >= 15 is 0 Å². The third-order valence-corrected chi connectivity index (χ3v) is 5.78. The molecule has 1 aromatic carbocycles. The first-order valence-electron chi connectivity index (χ1n) is 6.24. The average Bonchev–Trinajstić information content (AvgIpc) is 2.70. The van der Waals surface area contributed by atoms with Gasteiger partial charge in [-0.1, -0.05) is 41.4 Å². The van der Waals surface area contributed by atoms with Crippen molar-refractivity contribution in [3.63, 3.8) is 0 Å². The largest absolute Gasteiger partial charge is 0.338 e. The second-order valence-corrected chi connectivity index (χ2v) is 9.67. The Bertz CT molecular complexity index is 704. The lowest BCUT2D eigenvalue weighted by Gasteiger charge is -2.20. The molecule has 0 bridgehead atoms. The van der Waals surface area contributed by atoms with E-state index in [-0.39, 0.29) is 26.8 Å². The van der Waals surface area contributed by atoms with Crippen LogP contribution < -0.4 is 0 Å². The number of hydrogen-bond donors (Lipinski definition) is 0. The molecule has 4 nitrogen and oxygen atoms in total. The van der Waals surface area contributed by atoms with Crippen LogP contribution in [0, 0.1) is 5.41 Å². The molecule has 1 aliphatic rings. The molecule has 1 amide bonds. The van der Waals surface area contributed by atoms with Gasteiger partial charge in [0, 0.05) is 28.2 Å². The zero-order valence-electron chi connectivity index (χ0n) is 11.5. The van der Waals surface area contributed by atoms with Crippen molar-refractivity contribution in [2.75, 3.05) is 13.1 Å². The predicted octanol–water partition coefficient (Wildman–Crippen LogP) is 3.90. The number of halogens is 3. The van der Waals surface area contributed by atoms with E-state index in [0.717, 1.165) is 6.42 Å². The molecule has 0 unspecified atom stereocenters. The first-order valence-corrected chi connectivity index (χ1v) is 9.72. The van der Waals surface area contributed by atoms with E-state index in [9.17, 15) is 13.2 Å². The van der Waals surface area contributed by atoms with Crippen LogP contribution in [0.15, 0.2) is 21.5 Å². The maximum atomic E-state index is 12.6. The molecule has 21 heavy (non-hydrogen) atoms. The van der Waals surface area contributed by atoms with Crippen LogP contribution in [0.5, 0.6) is 0 Å². The van der Waals surface area contributed by atoms with Gasteiger partial charge in [0.05, 0.1) is 10.6 Å². The monoisotopic (exact) mass is 413 g/mol. The van der Waals surface area contributed by atoms with Gasteiger partial charge < -0.3 is 4.90 Å². The highest BCUT2D eigenvalue weighted by molar-refractivity contribution is 9.10. The lowest BCUT2D eigenvalue weighted by atomic mass is 9.93. The summed E-state index contributed by atoms with van der Waals surface area (Å²) in [7, 11) is 1.34. The van der Waals surface area contributed by atoms with Crippen LogP contribution in [-0.2, 0) is 9.05 Å². The van der Waals surface area contributed by atoms with Crippen LogP contribution in [0.25, 0.3) is 0 Å². The van der Waals surface area contributed by atoms with Gasteiger partial charge in [-0.15, -0.1) is 0 Å². The van der Waals surface area contributed by atoms with E-state index in [1.165, 1.54) is 12.1 Å². The molecule has 2 rings (SSSR count). The van der Waals surface area contributed by atoms with Crippen LogP contribution in [0.4, 0.5) is 0 Å². The Morgan fingerprint density at radius 2 is 2.00 bits per heavy atom. The quantitative estimate of drug-likeness (QED) is 0.689. The van der Waals surface area contributed by atoms with Crippen LogP contribution in [-0.4, -0.2) is 32.3 Å². The molecule has 0 saturated carbocycles. The number of likely N-dealkylation sites (tertiary alicyclic amines) is 1. The fourth-order valence-corrected chi connectivity index (χ4v) is 4.53. The minimum atomic E-state index is -4.02. The highest BCUT2D eigenvalue weighted by atomic mass is 79.9. The average molecular weight is 415 g/mol. The number of carbonyl (C=O) groups is 1. The molecule has 0 radical (unpaired) electrons. The minimum absolute atomic E-state index is 0.0511. The highest BCUT2D eigenvalue weighted by Gasteiger charge is 2.34. The Balaban J connectivity index is 2.46. The summed E-state index contributed by atoms with van der Waals surface area (Å²) in [6.07, 6.45) is 0.894. The molecule has 8 heteroatoms. The van der Waals surface area contributed by atoms with Crippen molar-refractivity contribution in [3.05, 3.63) is 27.2 Å². The van der Waals surface area contributed by atoms with Crippen LogP contribution in [0.2, 0.25) is 5.02 Å². The van der Waals surface area contributed by atoms with Crippen molar-refractivity contribution in [1.82, 2.24) is 4.90 Å². The van der Waals surface area contributed by atoms with E-state index in [1.807, 2.05) is 0 Å². The topological polar surface area (TPSA) is 54.5 Å². The summed E-state index contributed by atoms with van der Waals surface area (Å²) in [6.45, 7) is 5.39. The fraction of sp³-hybridized carbons (Fsp3) is 0.462. The second kappa shape index (κ2) is 5.72. The zero-order valence-corrected chi connectivity index (χ0v) is 15.4. The zero-order chi connectivity index (χ0) is 16.0. The predicted molar refractivity (Wildman–Crippen MR) is 86.5 cm³/mol. The summed E-state index contributed by atoms with van der Waals surface area (Å²) < 4.78 is 23.5. The molecule has 0 aliphatic carbocycles. The highest BCUT2D eigenvalue weighted by Crippen LogP contribution is 2.35. The van der Waals surface area contributed by atoms with E-state index in [2.05, 4.69) is 29.8 Å². The van der Waals surface area contributed by atoms with Gasteiger partial charge >= 0.3 is 0 Å². The minimum Gasteiger partial charge on any atom is -0.338 e. The molecule has 1 aliphatic heterocycles. The third kappa shape index (κ3) is 3.73. The van der Waals surface area contributed by atoms with Crippen LogP contribution in [0.3, 0.4) is 0 Å². The molecule has 0 atom stereocenters. The standard InChI is InChI=1S/C13H14BrCl2NO3S/c1-13(2)3-4-17(7-13)12(18)9-5-8(14)6-10(11(9)15)21(16,19)20/h5-6H,3-4,7H2,1-2H3. The fourth-order valence-electron chi connectivity index (χ4n) is 2.35. The molecule has 0 N–H and O–H groups in total. The smallest absolute Gasteiger partial charge is 0.262 e. The van der Waals surface area contributed by atoms with Crippen molar-refractivity contribution >= 4 is 53.2 Å². The number of amides is 1. The van der Waals surface area contributed by atoms with E-state index in [4.69, 9.17) is 22.3 Å². The molecule has 1 aromatic rings. The Hall–Kier alpha value is -0.300. The molecular weight excluding hydrogens is 401 g/mol. The Kier molecular flexibility index (Phi) is 4.65. The Labute approximate surface area is 142 Å². The summed E-state index contributed by atoms with van der Waals surface area (Å²) >= 11 is 9.26. The molecule has 1 heterocycles. The van der Waals surface area contributed by atoms with E-state index in [1.54, 1.807) is 4.90 Å². The molecule has 116 valence electrons. The number of rotatable bonds is 2. The molecular formula is C13H14BrCl2NO3S. The van der Waals surface area contributed by atoms with Gasteiger partial charge in [-0.2, -0.15) is 0 Å². The summed E-state index contributed by atoms with van der Waals surface area (Å²) in [5.74, 6) is -0.284. The lowest BCUT2D eigenvalue weighted by molar-refractivity contribution is 0.0778. The lowest BCUT2D eigenvalue weighted by Crippen LogP contribution is -2.30. The van der Waals surface area contributed by atoms with Gasteiger partial charge in [0.1, 0.15) is 4.90 Å².